The summed E-state index contributed by atoms with van der Waals surface area (Å²) in [6.07, 6.45) is 4.14. The third-order valence-electron chi connectivity index (χ3n) is 8.36. The van der Waals surface area contributed by atoms with Gasteiger partial charge in [-0.15, -0.1) is 0 Å². The zero-order chi connectivity index (χ0) is 29.9. The minimum atomic E-state index is -1.11. The van der Waals surface area contributed by atoms with Crippen molar-refractivity contribution in [2.24, 2.45) is 5.92 Å². The number of rotatable bonds is 10. The van der Waals surface area contributed by atoms with Crippen LogP contribution in [0.25, 0.3) is 5.69 Å². The summed E-state index contributed by atoms with van der Waals surface area (Å²) in [5, 5.41) is 13.9. The maximum Gasteiger partial charge on any atom is 0.324 e. The van der Waals surface area contributed by atoms with Crippen molar-refractivity contribution in [2.45, 2.75) is 51.1 Å². The molecule has 0 amide bonds. The van der Waals surface area contributed by atoms with Crippen molar-refractivity contribution in [2.75, 3.05) is 5.73 Å². The number of hydrogen-bond donors (Lipinski definition) is 3. The number of benzene rings is 3. The molecule has 5 rings (SSSR count). The van der Waals surface area contributed by atoms with Gasteiger partial charge in [-0.2, -0.15) is 0 Å². The van der Waals surface area contributed by atoms with Crippen LogP contribution in [0.4, 0.5) is 10.2 Å². The van der Waals surface area contributed by atoms with E-state index in [0.717, 1.165) is 36.8 Å². The maximum absolute atomic E-state index is 13.7. The number of nitrogens with two attached hydrogens (primary N) is 1. The molecule has 216 valence electrons. The number of carboxylic acids is 1. The van der Waals surface area contributed by atoms with Gasteiger partial charge in [0.15, 0.2) is 5.78 Å². The zero-order valence-electron chi connectivity index (χ0n) is 23.5. The van der Waals surface area contributed by atoms with Gasteiger partial charge in [-0.3, -0.25) is 24.3 Å². The maximum atomic E-state index is 13.7. The van der Waals surface area contributed by atoms with E-state index in [1.54, 1.807) is 19.1 Å². The first-order valence-electron chi connectivity index (χ1n) is 14.1. The van der Waals surface area contributed by atoms with E-state index in [1.807, 2.05) is 42.5 Å². The molecule has 0 bridgehead atoms. The van der Waals surface area contributed by atoms with Crippen LogP contribution >= 0.6 is 0 Å². The number of nitrogens with zero attached hydrogens (tertiary/aromatic N) is 1. The Bertz CT molecular complexity index is 1660. The van der Waals surface area contributed by atoms with E-state index >= 15 is 0 Å². The lowest BCUT2D eigenvalue weighted by molar-refractivity contribution is -0.147. The van der Waals surface area contributed by atoms with Crippen molar-refractivity contribution >= 4 is 17.6 Å². The molecule has 0 aliphatic heterocycles. The van der Waals surface area contributed by atoms with Gasteiger partial charge in [-0.05, 0) is 78.8 Å². The number of pyridine rings is 1. The lowest BCUT2D eigenvalue weighted by Crippen LogP contribution is -2.58. The summed E-state index contributed by atoms with van der Waals surface area (Å²) in [4.78, 5) is 38.8. The minimum absolute atomic E-state index is 0.0121. The zero-order valence-corrected chi connectivity index (χ0v) is 23.5. The molecule has 1 fully saturated rings. The van der Waals surface area contributed by atoms with Crippen LogP contribution in [0.5, 0.6) is 0 Å². The van der Waals surface area contributed by atoms with Gasteiger partial charge in [0.2, 0.25) is 0 Å². The van der Waals surface area contributed by atoms with Crippen LogP contribution in [-0.2, 0) is 17.8 Å². The molecule has 1 heterocycles. The summed E-state index contributed by atoms with van der Waals surface area (Å²) in [7, 11) is 0. The molecule has 0 unspecified atom stereocenters. The Hall–Kier alpha value is -4.56. The number of hydrogen-bond acceptors (Lipinski definition) is 5. The highest BCUT2D eigenvalue weighted by atomic mass is 19.1. The van der Waals surface area contributed by atoms with E-state index in [1.165, 1.54) is 34.9 Å². The van der Waals surface area contributed by atoms with Gasteiger partial charge in [0, 0.05) is 24.6 Å². The molecule has 1 atom stereocenters. The van der Waals surface area contributed by atoms with Crippen LogP contribution in [0, 0.1) is 18.7 Å². The molecule has 4 N–H and O–H groups in total. The minimum Gasteiger partial charge on any atom is -0.480 e. The Balaban J connectivity index is 1.40. The molecule has 8 heteroatoms. The van der Waals surface area contributed by atoms with Gasteiger partial charge in [0.1, 0.15) is 17.2 Å². The Kier molecular flexibility index (Phi) is 8.36. The molecule has 3 aromatic carbocycles. The molecular formula is C34H34FN3O4. The highest BCUT2D eigenvalue weighted by molar-refractivity contribution is 6.11. The SMILES string of the molecule is Cc1cc(C(=O)c2ccc(=O)n(-c3ccc(CN[C@](Cc4ccccc4)(C(=O)O)C4CCCC4)cc3)c2N)ccc1F. The van der Waals surface area contributed by atoms with E-state index in [4.69, 9.17) is 5.73 Å². The third-order valence-corrected chi connectivity index (χ3v) is 8.36. The summed E-state index contributed by atoms with van der Waals surface area (Å²) in [6, 6.07) is 23.5. The number of carbonyl (C=O) groups is 2. The van der Waals surface area contributed by atoms with Crippen LogP contribution in [-0.4, -0.2) is 27.0 Å². The first-order valence-corrected chi connectivity index (χ1v) is 14.1. The largest absolute Gasteiger partial charge is 0.480 e. The number of carbonyl (C=O) groups excluding carboxylic acids is 1. The lowest BCUT2D eigenvalue weighted by atomic mass is 9.77. The standard InChI is InChI=1S/C34H34FN3O4/c1-22-19-25(13-17-29(22)35)31(40)28-16-18-30(39)38(32(28)36)27-14-11-24(12-15-27)21-37-34(33(41)42,26-9-5-6-10-26)20-23-7-3-2-4-8-23/h2-4,7-8,11-19,26,37H,5-6,9-10,20-21,36H2,1H3,(H,41,42)/t34-/m0/s1. The molecule has 1 aliphatic rings. The third kappa shape index (κ3) is 5.76. The number of aryl methyl sites for hydroxylation is 1. The van der Waals surface area contributed by atoms with Gasteiger partial charge in [0.05, 0.1) is 11.3 Å². The molecule has 42 heavy (non-hydrogen) atoms. The van der Waals surface area contributed by atoms with Crippen molar-refractivity contribution in [3.63, 3.8) is 0 Å². The van der Waals surface area contributed by atoms with Crippen molar-refractivity contribution in [1.82, 2.24) is 9.88 Å². The molecule has 1 aliphatic carbocycles. The van der Waals surface area contributed by atoms with Gasteiger partial charge in [-0.1, -0.05) is 55.3 Å². The van der Waals surface area contributed by atoms with E-state index in [9.17, 15) is 23.9 Å². The average molecular weight is 568 g/mol. The number of carboxylic acid groups (broad SMARTS) is 1. The second kappa shape index (κ2) is 12.1. The number of anilines is 1. The van der Waals surface area contributed by atoms with Crippen LogP contribution in [0.15, 0.2) is 89.7 Å². The van der Waals surface area contributed by atoms with Crippen LogP contribution in [0.2, 0.25) is 0 Å². The van der Waals surface area contributed by atoms with Gasteiger partial charge >= 0.3 is 5.97 Å². The monoisotopic (exact) mass is 567 g/mol. The van der Waals surface area contributed by atoms with Crippen molar-refractivity contribution in [3.05, 3.63) is 129 Å². The molecule has 4 aromatic rings. The number of nitrogens with one attached hydrogen (secondary N) is 1. The number of nitrogen functional groups attached to an aromatic ring is 1. The predicted octanol–water partition coefficient (Wildman–Crippen LogP) is 5.44. The first-order chi connectivity index (χ1) is 20.2. The summed E-state index contributed by atoms with van der Waals surface area (Å²) in [5.41, 5.74) is 7.85. The summed E-state index contributed by atoms with van der Waals surface area (Å²) in [6.45, 7) is 1.89. The highest BCUT2D eigenvalue weighted by Gasteiger charge is 2.46. The summed E-state index contributed by atoms with van der Waals surface area (Å²) >= 11 is 0. The van der Waals surface area contributed by atoms with Crippen molar-refractivity contribution < 1.29 is 19.1 Å². The van der Waals surface area contributed by atoms with Gasteiger partial charge in [-0.25, -0.2) is 4.39 Å². The Morgan fingerprint density at radius 3 is 2.31 bits per heavy atom. The van der Waals surface area contributed by atoms with Crippen LogP contribution in [0.1, 0.15) is 58.3 Å². The quantitative estimate of drug-likeness (QED) is 0.220. The topological polar surface area (TPSA) is 114 Å². The summed E-state index contributed by atoms with van der Waals surface area (Å²) in [5.74, 6) is -1.69. The Morgan fingerprint density at radius 2 is 1.67 bits per heavy atom. The lowest BCUT2D eigenvalue weighted by Gasteiger charge is -2.36. The van der Waals surface area contributed by atoms with Crippen LogP contribution in [0.3, 0.4) is 0 Å². The number of aliphatic carboxylic acids is 1. The highest BCUT2D eigenvalue weighted by Crippen LogP contribution is 2.37. The molecule has 7 nitrogen and oxygen atoms in total. The van der Waals surface area contributed by atoms with Crippen molar-refractivity contribution in [1.29, 1.82) is 0 Å². The molecule has 0 radical (unpaired) electrons. The second-order valence-electron chi connectivity index (χ2n) is 11.0. The molecule has 1 saturated carbocycles. The Morgan fingerprint density at radius 1 is 0.976 bits per heavy atom. The first kappa shape index (κ1) is 29.0. The van der Waals surface area contributed by atoms with E-state index in [0.29, 0.717) is 24.2 Å². The fourth-order valence-corrected chi connectivity index (χ4v) is 5.99. The van der Waals surface area contributed by atoms with E-state index in [-0.39, 0.29) is 22.9 Å². The fourth-order valence-electron chi connectivity index (χ4n) is 5.99. The van der Waals surface area contributed by atoms with Gasteiger partial charge in [0.25, 0.3) is 5.56 Å². The average Bonchev–Trinajstić information content (AvgIpc) is 3.53. The molecular weight excluding hydrogens is 533 g/mol. The smallest absolute Gasteiger partial charge is 0.324 e. The van der Waals surface area contributed by atoms with Crippen molar-refractivity contribution in [3.8, 4) is 5.69 Å². The fraction of sp³-hybridized carbons (Fsp3) is 0.265. The van der Waals surface area contributed by atoms with Crippen LogP contribution < -0.4 is 16.6 Å². The Labute approximate surface area is 243 Å². The van der Waals surface area contributed by atoms with E-state index < -0.39 is 28.7 Å². The van der Waals surface area contributed by atoms with Gasteiger partial charge < -0.3 is 10.8 Å². The number of aromatic nitrogens is 1. The second-order valence-corrected chi connectivity index (χ2v) is 11.0. The molecule has 0 spiro atoms. The normalized spacial score (nSPS) is 14.9. The molecule has 1 aromatic heterocycles. The molecule has 0 saturated heterocycles. The summed E-state index contributed by atoms with van der Waals surface area (Å²) < 4.78 is 15.0. The number of halogens is 1. The number of ketones is 1. The predicted molar refractivity (Wildman–Crippen MR) is 160 cm³/mol. The van der Waals surface area contributed by atoms with E-state index in [2.05, 4.69) is 5.32 Å².